The average molecular weight is 476 g/mol. The second-order valence-electron chi connectivity index (χ2n) is 12.3. The third-order valence-corrected chi connectivity index (χ3v) is 10.5. The maximum absolute atomic E-state index is 14.0. The molecule has 6 rings (SSSR count). The zero-order chi connectivity index (χ0) is 24.6. The van der Waals surface area contributed by atoms with Crippen LogP contribution in [0.3, 0.4) is 0 Å². The lowest BCUT2D eigenvalue weighted by atomic mass is 9.43. The van der Waals surface area contributed by atoms with Crippen molar-refractivity contribution in [2.75, 3.05) is 0 Å². The van der Waals surface area contributed by atoms with Crippen LogP contribution in [0.5, 0.6) is 0 Å². The Bertz CT molecular complexity index is 1170. The number of ketones is 1. The number of Topliss-reactive ketones (excluding diaryl/α,β-unsaturated/α-hetero) is 1. The predicted octanol–water partition coefficient (Wildman–Crippen LogP) is 4.74. The fourth-order valence-electron chi connectivity index (χ4n) is 8.41. The molecule has 0 bridgehead atoms. The number of allylic oxidation sites excluding steroid dienone is 1. The summed E-state index contributed by atoms with van der Waals surface area (Å²) in [5, 5.41) is 30.7. The van der Waals surface area contributed by atoms with Gasteiger partial charge < -0.3 is 10.2 Å². The Morgan fingerprint density at radius 2 is 1.77 bits per heavy atom. The predicted molar refractivity (Wildman–Crippen MR) is 133 cm³/mol. The van der Waals surface area contributed by atoms with Crippen molar-refractivity contribution in [3.8, 4) is 11.3 Å². The largest absolute Gasteiger partial charge is 0.393 e. The highest BCUT2D eigenvalue weighted by Crippen LogP contribution is 2.65. The van der Waals surface area contributed by atoms with E-state index in [1.54, 1.807) is 11.6 Å². The van der Waals surface area contributed by atoms with Crippen LogP contribution in [-0.4, -0.2) is 42.7 Å². The summed E-state index contributed by atoms with van der Waals surface area (Å²) in [6.45, 7) is 6.18. The summed E-state index contributed by atoms with van der Waals surface area (Å²) in [7, 11) is 0. The first-order valence-corrected chi connectivity index (χ1v) is 13.3. The van der Waals surface area contributed by atoms with Gasteiger partial charge >= 0.3 is 0 Å². The molecule has 1 heterocycles. The topological polar surface area (TPSA) is 88.2 Å². The van der Waals surface area contributed by atoms with Crippen molar-refractivity contribution in [2.45, 2.75) is 83.5 Å². The van der Waals surface area contributed by atoms with Crippen LogP contribution in [0.4, 0.5) is 0 Å². The molecule has 0 spiro atoms. The van der Waals surface area contributed by atoms with Gasteiger partial charge in [0.1, 0.15) is 11.3 Å². The number of rotatable bonds is 2. The first-order chi connectivity index (χ1) is 16.6. The smallest absolute Gasteiger partial charge is 0.172 e. The maximum Gasteiger partial charge on any atom is 0.172 e. The Labute approximate surface area is 207 Å². The molecule has 3 fully saturated rings. The molecule has 0 unspecified atom stereocenters. The Hall–Kier alpha value is -2.31. The average Bonchev–Trinajstić information content (AvgIpc) is 3.33. The molecule has 4 aliphatic rings. The molecule has 1 aromatic heterocycles. The molecule has 6 nitrogen and oxygen atoms in total. The standard InChI is InChI=1S/C29H37N3O3/c1-27-13-11-20(33)15-19(27)9-10-21-22(27)12-14-28(2)23(21)16-25(29(3,35)26(28)34)32-17-24(30-31-32)18-7-5-4-6-8-18/h4-9,17,20-23,25,33,35H,10-16H2,1-3H3/t20-,21+,22-,23-,25-,27-,28-,29+/m0/s1. The summed E-state index contributed by atoms with van der Waals surface area (Å²) in [5.41, 5.74) is 1.24. The Morgan fingerprint density at radius 3 is 2.54 bits per heavy atom. The van der Waals surface area contributed by atoms with Gasteiger partial charge in [-0.1, -0.05) is 61.0 Å². The van der Waals surface area contributed by atoms with Crippen LogP contribution in [0.1, 0.15) is 71.8 Å². The molecule has 0 aliphatic heterocycles. The molecule has 35 heavy (non-hydrogen) atoms. The monoisotopic (exact) mass is 475 g/mol. The van der Waals surface area contributed by atoms with E-state index in [2.05, 4.69) is 30.2 Å². The Kier molecular flexibility index (Phi) is 5.18. The van der Waals surface area contributed by atoms with Crippen LogP contribution in [0.2, 0.25) is 0 Å². The van der Waals surface area contributed by atoms with Gasteiger partial charge in [0.25, 0.3) is 0 Å². The molecular formula is C29H37N3O3. The number of hydrogen-bond acceptors (Lipinski definition) is 5. The summed E-state index contributed by atoms with van der Waals surface area (Å²) in [6, 6.07) is 9.46. The number of aliphatic hydroxyl groups is 2. The number of aliphatic hydroxyl groups excluding tert-OH is 1. The minimum atomic E-state index is -1.49. The molecule has 6 heteroatoms. The van der Waals surface area contributed by atoms with Gasteiger partial charge in [0.05, 0.1) is 18.3 Å². The van der Waals surface area contributed by atoms with Crippen molar-refractivity contribution in [3.63, 3.8) is 0 Å². The third-order valence-electron chi connectivity index (χ3n) is 10.5. The second kappa shape index (κ2) is 7.84. The number of aromatic nitrogens is 3. The minimum absolute atomic E-state index is 0.0412. The van der Waals surface area contributed by atoms with E-state index in [-0.39, 0.29) is 23.2 Å². The van der Waals surface area contributed by atoms with E-state index in [0.29, 0.717) is 11.8 Å². The molecule has 0 saturated heterocycles. The molecule has 186 valence electrons. The van der Waals surface area contributed by atoms with Gasteiger partial charge in [0.15, 0.2) is 5.78 Å². The van der Waals surface area contributed by atoms with Crippen molar-refractivity contribution >= 4 is 5.78 Å². The molecule has 3 saturated carbocycles. The van der Waals surface area contributed by atoms with Gasteiger partial charge in [-0.05, 0) is 75.0 Å². The molecule has 0 radical (unpaired) electrons. The second-order valence-corrected chi connectivity index (χ2v) is 12.3. The molecule has 4 aliphatic carbocycles. The molecule has 2 aromatic rings. The summed E-state index contributed by atoms with van der Waals surface area (Å²) in [6.07, 6.45) is 10.2. The van der Waals surface area contributed by atoms with Crippen LogP contribution >= 0.6 is 0 Å². The van der Waals surface area contributed by atoms with Crippen molar-refractivity contribution in [1.82, 2.24) is 15.0 Å². The van der Waals surface area contributed by atoms with E-state index in [4.69, 9.17) is 0 Å². The minimum Gasteiger partial charge on any atom is -0.393 e. The first-order valence-electron chi connectivity index (χ1n) is 13.3. The van der Waals surface area contributed by atoms with Gasteiger partial charge in [0.2, 0.25) is 0 Å². The number of carbonyl (C=O) groups is 1. The van der Waals surface area contributed by atoms with Gasteiger partial charge in [-0.3, -0.25) is 4.79 Å². The Morgan fingerprint density at radius 1 is 1.03 bits per heavy atom. The lowest BCUT2D eigenvalue weighted by Crippen LogP contribution is -2.63. The number of fused-ring (bicyclic) bond motifs is 5. The third kappa shape index (κ3) is 3.32. The van der Waals surface area contributed by atoms with Crippen LogP contribution in [0.15, 0.2) is 48.2 Å². The normalized spacial score (nSPS) is 43.1. The molecule has 1 aromatic carbocycles. The quantitative estimate of drug-likeness (QED) is 0.613. The summed E-state index contributed by atoms with van der Waals surface area (Å²) >= 11 is 0. The van der Waals surface area contributed by atoms with Gasteiger partial charge in [-0.2, -0.15) is 0 Å². The molecule has 0 amide bonds. The van der Waals surface area contributed by atoms with Crippen LogP contribution < -0.4 is 0 Å². The van der Waals surface area contributed by atoms with Crippen LogP contribution in [0.25, 0.3) is 11.3 Å². The Balaban J connectivity index is 1.36. The number of carbonyl (C=O) groups excluding carboxylic acids is 1. The van der Waals surface area contributed by atoms with Crippen molar-refractivity contribution in [3.05, 3.63) is 48.2 Å². The number of benzene rings is 1. The lowest BCUT2D eigenvalue weighted by Gasteiger charge is -2.61. The number of nitrogens with zero attached hydrogens (tertiary/aromatic N) is 3. The molecule has 2 N–H and O–H groups in total. The highest BCUT2D eigenvalue weighted by molar-refractivity contribution is 5.93. The van der Waals surface area contributed by atoms with E-state index >= 15 is 0 Å². The fourth-order valence-corrected chi connectivity index (χ4v) is 8.41. The lowest BCUT2D eigenvalue weighted by molar-refractivity contribution is -0.178. The molecular weight excluding hydrogens is 438 g/mol. The van der Waals surface area contributed by atoms with Crippen LogP contribution in [0, 0.1) is 28.6 Å². The molecule has 8 atom stereocenters. The SMILES string of the molecule is C[C@]1(O)C(=O)[C@@]2(C)CC[C@H]3[C@@H](CC=C4C[C@@H](O)CC[C@@]43C)[C@@H]2C[C@@H]1n1cc(-c2ccccc2)nn1. The number of hydrogen-bond donors (Lipinski definition) is 2. The van der Waals surface area contributed by atoms with Gasteiger partial charge in [0, 0.05) is 11.0 Å². The maximum atomic E-state index is 14.0. The highest BCUT2D eigenvalue weighted by atomic mass is 16.3. The summed E-state index contributed by atoms with van der Waals surface area (Å²) in [5.74, 6) is 1.06. The fraction of sp³-hybridized carbons (Fsp3) is 0.621. The van der Waals surface area contributed by atoms with Crippen molar-refractivity contribution in [1.29, 1.82) is 0 Å². The van der Waals surface area contributed by atoms with E-state index in [0.717, 1.165) is 56.2 Å². The van der Waals surface area contributed by atoms with Crippen molar-refractivity contribution < 1.29 is 15.0 Å². The zero-order valence-electron chi connectivity index (χ0n) is 21.0. The first kappa shape index (κ1) is 23.1. The van der Waals surface area contributed by atoms with Gasteiger partial charge in [-0.15, -0.1) is 5.10 Å². The highest BCUT2D eigenvalue weighted by Gasteiger charge is 2.64. The zero-order valence-corrected chi connectivity index (χ0v) is 21.0. The summed E-state index contributed by atoms with van der Waals surface area (Å²) in [4.78, 5) is 14.0. The van der Waals surface area contributed by atoms with E-state index in [1.165, 1.54) is 5.57 Å². The van der Waals surface area contributed by atoms with E-state index in [9.17, 15) is 15.0 Å². The van der Waals surface area contributed by atoms with E-state index in [1.807, 2.05) is 36.5 Å². The van der Waals surface area contributed by atoms with Crippen molar-refractivity contribution in [2.24, 2.45) is 28.6 Å². The van der Waals surface area contributed by atoms with Crippen LogP contribution in [-0.2, 0) is 4.79 Å². The van der Waals surface area contributed by atoms with Gasteiger partial charge in [-0.25, -0.2) is 4.68 Å². The summed E-state index contributed by atoms with van der Waals surface area (Å²) < 4.78 is 1.74. The van der Waals surface area contributed by atoms with E-state index < -0.39 is 17.1 Å².